The van der Waals surface area contributed by atoms with Gasteiger partial charge in [0.2, 0.25) is 0 Å². The number of rotatable bonds is 1. The minimum Gasteiger partial charge on any atom is -0.458 e. The largest absolute Gasteiger partial charge is 0.458 e. The Labute approximate surface area is 242 Å². The quantitative estimate of drug-likeness (QED) is 0.197. The molecule has 0 N–H and O–H groups in total. The van der Waals surface area contributed by atoms with Crippen molar-refractivity contribution in [2.45, 2.75) is 20.8 Å². The molecule has 0 bridgehead atoms. The second-order valence-corrected chi connectivity index (χ2v) is 11.5. The SMILES string of the molecule is Cc1ccc2c(c1)Oc1cc(C)ccc1B2c1c(C)ccc2c1-c1ccccc1-c1ccccc1-c1ccccc1-2. The average Bonchev–Trinajstić information content (AvgIpc) is 2.99. The summed E-state index contributed by atoms with van der Waals surface area (Å²) in [5.41, 5.74) is 17.7. The molecule has 2 heteroatoms. The van der Waals surface area contributed by atoms with Gasteiger partial charge in [-0.3, -0.25) is 0 Å². The summed E-state index contributed by atoms with van der Waals surface area (Å²) >= 11 is 0. The van der Waals surface area contributed by atoms with Gasteiger partial charge in [0.15, 0.2) is 0 Å². The first-order valence-corrected chi connectivity index (χ1v) is 14.4. The van der Waals surface area contributed by atoms with Crippen molar-refractivity contribution >= 4 is 23.1 Å². The average molecular weight is 524 g/mol. The van der Waals surface area contributed by atoms with E-state index < -0.39 is 0 Å². The molecule has 6 aromatic carbocycles. The van der Waals surface area contributed by atoms with Crippen molar-refractivity contribution in [3.63, 3.8) is 0 Å². The van der Waals surface area contributed by atoms with E-state index in [1.165, 1.54) is 77.6 Å². The predicted octanol–water partition coefficient (Wildman–Crippen LogP) is 8.22. The van der Waals surface area contributed by atoms with Crippen LogP contribution in [0.2, 0.25) is 0 Å². The molecule has 0 atom stereocenters. The van der Waals surface area contributed by atoms with Gasteiger partial charge in [-0.25, -0.2) is 0 Å². The smallest absolute Gasteiger partial charge is 0.252 e. The number of ether oxygens (including phenoxy) is 1. The molecule has 2 aliphatic rings. The fraction of sp³-hybridized carbons (Fsp3) is 0.0769. The lowest BCUT2D eigenvalue weighted by atomic mass is 9.34. The van der Waals surface area contributed by atoms with E-state index in [1.54, 1.807) is 0 Å². The maximum Gasteiger partial charge on any atom is 0.252 e. The highest BCUT2D eigenvalue weighted by Crippen LogP contribution is 2.47. The summed E-state index contributed by atoms with van der Waals surface area (Å²) in [5.74, 6) is 1.91. The lowest BCUT2D eigenvalue weighted by Gasteiger charge is -2.32. The molecule has 0 amide bonds. The van der Waals surface area contributed by atoms with E-state index in [0.29, 0.717) is 0 Å². The van der Waals surface area contributed by atoms with Crippen molar-refractivity contribution < 1.29 is 4.74 Å². The molecule has 0 saturated heterocycles. The van der Waals surface area contributed by atoms with Crippen LogP contribution >= 0.6 is 0 Å². The first kappa shape index (κ1) is 24.0. The molecule has 1 heterocycles. The van der Waals surface area contributed by atoms with E-state index in [4.69, 9.17) is 4.74 Å². The van der Waals surface area contributed by atoms with Crippen molar-refractivity contribution in [3.8, 4) is 56.0 Å². The van der Waals surface area contributed by atoms with Crippen LogP contribution < -0.4 is 21.1 Å². The molecular formula is C39H29BO. The van der Waals surface area contributed by atoms with Gasteiger partial charge in [-0.1, -0.05) is 120 Å². The van der Waals surface area contributed by atoms with Crippen LogP contribution in [0.4, 0.5) is 0 Å². The summed E-state index contributed by atoms with van der Waals surface area (Å²) in [5, 5.41) is 0. The van der Waals surface area contributed by atoms with Crippen molar-refractivity contribution in [1.82, 2.24) is 0 Å². The van der Waals surface area contributed by atoms with Gasteiger partial charge >= 0.3 is 0 Å². The Kier molecular flexibility index (Phi) is 5.34. The Morgan fingerprint density at radius 1 is 0.439 bits per heavy atom. The van der Waals surface area contributed by atoms with E-state index in [1.807, 2.05) is 0 Å². The van der Waals surface area contributed by atoms with E-state index in [0.717, 1.165) is 11.5 Å². The number of hydrogen-bond acceptors (Lipinski definition) is 1. The van der Waals surface area contributed by atoms with Gasteiger partial charge in [-0.05, 0) is 99.5 Å². The molecule has 1 nitrogen and oxygen atoms in total. The van der Waals surface area contributed by atoms with Crippen LogP contribution in [0, 0.1) is 20.8 Å². The molecule has 0 fully saturated rings. The van der Waals surface area contributed by atoms with E-state index >= 15 is 0 Å². The van der Waals surface area contributed by atoms with Crippen LogP contribution in [-0.2, 0) is 0 Å². The molecular weight excluding hydrogens is 495 g/mol. The van der Waals surface area contributed by atoms with Crippen LogP contribution in [-0.4, -0.2) is 6.71 Å². The van der Waals surface area contributed by atoms with Crippen LogP contribution in [0.5, 0.6) is 11.5 Å². The summed E-state index contributed by atoms with van der Waals surface area (Å²) in [4.78, 5) is 0. The molecule has 0 unspecified atom stereocenters. The molecule has 8 rings (SSSR count). The normalized spacial score (nSPS) is 12.4. The van der Waals surface area contributed by atoms with E-state index in [-0.39, 0.29) is 6.71 Å². The van der Waals surface area contributed by atoms with Gasteiger partial charge in [-0.2, -0.15) is 0 Å². The second kappa shape index (κ2) is 9.11. The highest BCUT2D eigenvalue weighted by Gasteiger charge is 2.37. The van der Waals surface area contributed by atoms with E-state index in [9.17, 15) is 0 Å². The standard InChI is InChI=1S/C39H29BO/c1-24-16-20-34-36(22-24)41-37-23-25(2)17-21-35(37)40(34)39-26(3)18-19-33-31-14-7-6-12-29(31)27-10-4-5-11-28(27)30-13-8-9-15-32(30)38(33)39/h4-23H,1-3H3. The van der Waals surface area contributed by atoms with E-state index in [2.05, 4.69) is 142 Å². The van der Waals surface area contributed by atoms with Gasteiger partial charge < -0.3 is 4.74 Å². The highest BCUT2D eigenvalue weighted by atomic mass is 16.5. The monoisotopic (exact) mass is 524 g/mol. The van der Waals surface area contributed by atoms with Crippen molar-refractivity contribution in [2.24, 2.45) is 0 Å². The minimum atomic E-state index is 0.0415. The van der Waals surface area contributed by atoms with Gasteiger partial charge in [0.05, 0.1) is 0 Å². The van der Waals surface area contributed by atoms with Crippen molar-refractivity contribution in [1.29, 1.82) is 0 Å². The molecule has 0 saturated carbocycles. The van der Waals surface area contributed by atoms with Gasteiger partial charge in [-0.15, -0.1) is 0 Å². The zero-order chi connectivity index (χ0) is 27.7. The summed E-state index contributed by atoms with van der Waals surface area (Å²) in [6, 6.07) is 44.7. The zero-order valence-electron chi connectivity index (χ0n) is 23.5. The van der Waals surface area contributed by atoms with Crippen LogP contribution in [0.25, 0.3) is 44.5 Å². The summed E-state index contributed by atoms with van der Waals surface area (Å²) in [7, 11) is 0. The highest BCUT2D eigenvalue weighted by molar-refractivity contribution is 6.98. The second-order valence-electron chi connectivity index (χ2n) is 11.5. The first-order valence-electron chi connectivity index (χ1n) is 14.4. The fourth-order valence-corrected chi connectivity index (χ4v) is 6.99. The Bertz CT molecular complexity index is 1960. The maximum atomic E-state index is 6.59. The third-order valence-electron chi connectivity index (χ3n) is 8.85. The third kappa shape index (κ3) is 3.64. The maximum absolute atomic E-state index is 6.59. The topological polar surface area (TPSA) is 9.23 Å². The third-order valence-corrected chi connectivity index (χ3v) is 8.85. The summed E-state index contributed by atoms with van der Waals surface area (Å²) in [6.07, 6.45) is 0. The minimum absolute atomic E-state index is 0.0415. The number of benzene rings is 6. The Hall–Kier alpha value is -4.82. The zero-order valence-corrected chi connectivity index (χ0v) is 23.5. The molecule has 0 spiro atoms. The molecule has 0 radical (unpaired) electrons. The van der Waals surface area contributed by atoms with Crippen LogP contribution in [0.1, 0.15) is 16.7 Å². The molecule has 0 aromatic heterocycles. The lowest BCUT2D eigenvalue weighted by molar-refractivity contribution is 0.486. The molecule has 6 aromatic rings. The van der Waals surface area contributed by atoms with Gasteiger partial charge in [0, 0.05) is 0 Å². The fourth-order valence-electron chi connectivity index (χ4n) is 6.99. The first-order chi connectivity index (χ1) is 20.1. The van der Waals surface area contributed by atoms with Crippen LogP contribution in [0.15, 0.2) is 121 Å². The Morgan fingerprint density at radius 2 is 0.878 bits per heavy atom. The predicted molar refractivity (Wildman–Crippen MR) is 174 cm³/mol. The number of hydrogen-bond donors (Lipinski definition) is 0. The summed E-state index contributed by atoms with van der Waals surface area (Å²) < 4.78 is 6.59. The van der Waals surface area contributed by atoms with Crippen LogP contribution in [0.3, 0.4) is 0 Å². The van der Waals surface area contributed by atoms with Crippen molar-refractivity contribution in [3.05, 3.63) is 138 Å². The Balaban J connectivity index is 1.53. The van der Waals surface area contributed by atoms with Gasteiger partial charge in [0.25, 0.3) is 6.71 Å². The summed E-state index contributed by atoms with van der Waals surface area (Å²) in [6.45, 7) is 6.59. The number of fused-ring (bicyclic) bond motifs is 10. The molecule has 194 valence electrons. The van der Waals surface area contributed by atoms with Gasteiger partial charge in [0.1, 0.15) is 11.5 Å². The molecule has 41 heavy (non-hydrogen) atoms. The molecule has 1 aliphatic carbocycles. The molecule has 1 aliphatic heterocycles. The number of aryl methyl sites for hydroxylation is 3. The lowest BCUT2D eigenvalue weighted by Crippen LogP contribution is -2.56. The van der Waals surface area contributed by atoms with Crippen molar-refractivity contribution in [2.75, 3.05) is 0 Å². The Morgan fingerprint density at radius 3 is 1.39 bits per heavy atom.